The van der Waals surface area contributed by atoms with Crippen molar-refractivity contribution in [3.8, 4) is 0 Å². The van der Waals surface area contributed by atoms with Crippen LogP contribution in [0.2, 0.25) is 10.0 Å². The molecule has 4 rings (SSSR count). The Labute approximate surface area is 233 Å². The highest BCUT2D eigenvalue weighted by molar-refractivity contribution is 7.91. The summed E-state index contributed by atoms with van der Waals surface area (Å²) in [4.78, 5) is 21.2. The molecule has 0 aliphatic carbocycles. The summed E-state index contributed by atoms with van der Waals surface area (Å²) in [5.74, 6) is 0. The predicted molar refractivity (Wildman–Crippen MR) is 149 cm³/mol. The van der Waals surface area contributed by atoms with Crippen molar-refractivity contribution in [1.29, 1.82) is 0 Å². The molecule has 0 aromatic heterocycles. The maximum absolute atomic E-state index is 13.1. The second-order valence-electron chi connectivity index (χ2n) is 8.32. The monoisotopic (exact) mass is 586 g/mol. The summed E-state index contributed by atoms with van der Waals surface area (Å²) in [5, 5.41) is 28.9. The summed E-state index contributed by atoms with van der Waals surface area (Å²) in [6.45, 7) is 0.422. The largest absolute Gasteiger partial charge is 0.381 e. The molecular formula is C26H20Cl2N4O6S. The van der Waals surface area contributed by atoms with Gasteiger partial charge in [0, 0.05) is 58.8 Å². The van der Waals surface area contributed by atoms with Crippen LogP contribution < -0.4 is 10.6 Å². The van der Waals surface area contributed by atoms with E-state index in [-0.39, 0.29) is 34.3 Å². The number of nitrogens with zero attached hydrogens (tertiary/aromatic N) is 2. The van der Waals surface area contributed by atoms with E-state index in [1.165, 1.54) is 60.7 Å². The van der Waals surface area contributed by atoms with Crippen molar-refractivity contribution in [3.63, 3.8) is 0 Å². The van der Waals surface area contributed by atoms with Crippen LogP contribution in [-0.4, -0.2) is 18.3 Å². The minimum Gasteiger partial charge on any atom is -0.381 e. The molecular weight excluding hydrogens is 567 g/mol. The Kier molecular flexibility index (Phi) is 8.34. The zero-order valence-electron chi connectivity index (χ0n) is 20.0. The van der Waals surface area contributed by atoms with Crippen molar-refractivity contribution in [3.05, 3.63) is 126 Å². The van der Waals surface area contributed by atoms with Crippen LogP contribution in [0.15, 0.2) is 94.7 Å². The highest BCUT2D eigenvalue weighted by Gasteiger charge is 2.18. The number of nitrogens with one attached hydrogen (secondary N) is 2. The first-order valence-corrected chi connectivity index (χ1v) is 13.6. The summed E-state index contributed by atoms with van der Waals surface area (Å²) in [6.07, 6.45) is 0. The summed E-state index contributed by atoms with van der Waals surface area (Å²) >= 11 is 12.3. The quantitative estimate of drug-likeness (QED) is 0.151. The standard InChI is InChI=1S/C26H20Cl2N4O6S/c27-25-11-5-21(31(33)34)13-17(25)15-29-19-1-7-23(8-2-19)39(37,38)24-9-3-20(4-10-24)30-16-18-14-22(32(35)36)6-12-26(18)28/h1-14,29-30H,15-16H2. The Bertz CT molecular complexity index is 1530. The van der Waals surface area contributed by atoms with Gasteiger partial charge in [0.25, 0.3) is 11.4 Å². The number of rotatable bonds is 10. The van der Waals surface area contributed by atoms with E-state index in [9.17, 15) is 28.6 Å². The first kappa shape index (κ1) is 27.8. The van der Waals surface area contributed by atoms with Gasteiger partial charge in [-0.3, -0.25) is 20.2 Å². The molecule has 4 aromatic carbocycles. The predicted octanol–water partition coefficient (Wildman–Crippen LogP) is 6.87. The van der Waals surface area contributed by atoms with E-state index in [4.69, 9.17) is 23.2 Å². The van der Waals surface area contributed by atoms with Gasteiger partial charge < -0.3 is 10.6 Å². The lowest BCUT2D eigenvalue weighted by Gasteiger charge is -2.11. The first-order valence-electron chi connectivity index (χ1n) is 11.3. The number of non-ortho nitro benzene ring substituents is 2. The molecule has 4 aromatic rings. The van der Waals surface area contributed by atoms with Gasteiger partial charge in [-0.2, -0.15) is 0 Å². The topological polar surface area (TPSA) is 144 Å². The zero-order valence-corrected chi connectivity index (χ0v) is 22.3. The van der Waals surface area contributed by atoms with E-state index in [1.54, 1.807) is 24.3 Å². The molecule has 0 saturated heterocycles. The molecule has 2 N–H and O–H groups in total. The van der Waals surface area contributed by atoms with E-state index < -0.39 is 19.7 Å². The maximum atomic E-state index is 13.1. The van der Waals surface area contributed by atoms with Gasteiger partial charge in [0.05, 0.1) is 19.6 Å². The second kappa shape index (κ2) is 11.7. The highest BCUT2D eigenvalue weighted by atomic mass is 35.5. The van der Waals surface area contributed by atoms with Crippen molar-refractivity contribution in [2.45, 2.75) is 22.9 Å². The third kappa shape index (κ3) is 6.63. The van der Waals surface area contributed by atoms with Crippen LogP contribution in [0.1, 0.15) is 11.1 Å². The lowest BCUT2D eigenvalue weighted by molar-refractivity contribution is -0.385. The Morgan fingerprint density at radius 2 is 0.974 bits per heavy atom. The Morgan fingerprint density at radius 3 is 1.31 bits per heavy atom. The number of hydrogen-bond donors (Lipinski definition) is 2. The molecule has 0 amide bonds. The van der Waals surface area contributed by atoms with Crippen LogP contribution in [0.5, 0.6) is 0 Å². The molecule has 0 aliphatic heterocycles. The molecule has 0 unspecified atom stereocenters. The van der Waals surface area contributed by atoms with Crippen LogP contribution >= 0.6 is 23.2 Å². The average Bonchev–Trinajstić information content (AvgIpc) is 2.92. The van der Waals surface area contributed by atoms with E-state index >= 15 is 0 Å². The summed E-state index contributed by atoms with van der Waals surface area (Å²) in [7, 11) is -3.80. The van der Waals surface area contributed by atoms with Crippen LogP contribution in [0.3, 0.4) is 0 Å². The molecule has 13 heteroatoms. The highest BCUT2D eigenvalue weighted by Crippen LogP contribution is 2.27. The first-order chi connectivity index (χ1) is 18.5. The second-order valence-corrected chi connectivity index (χ2v) is 11.1. The lowest BCUT2D eigenvalue weighted by atomic mass is 10.2. The summed E-state index contributed by atoms with van der Waals surface area (Å²) in [5.41, 5.74) is 2.12. The van der Waals surface area contributed by atoms with E-state index in [2.05, 4.69) is 10.6 Å². The molecule has 0 fully saturated rings. The number of nitro groups is 2. The van der Waals surface area contributed by atoms with Gasteiger partial charge in [-0.05, 0) is 71.8 Å². The summed E-state index contributed by atoms with van der Waals surface area (Å²) in [6, 6.07) is 20.5. The van der Waals surface area contributed by atoms with Crippen molar-refractivity contribution in [2.75, 3.05) is 10.6 Å². The van der Waals surface area contributed by atoms with E-state index in [1.807, 2.05) is 0 Å². The number of hydrogen-bond acceptors (Lipinski definition) is 8. The Morgan fingerprint density at radius 1 is 0.615 bits per heavy atom. The zero-order chi connectivity index (χ0) is 28.2. The van der Waals surface area contributed by atoms with E-state index in [0.29, 0.717) is 32.5 Å². The maximum Gasteiger partial charge on any atom is 0.269 e. The average molecular weight is 587 g/mol. The molecule has 0 radical (unpaired) electrons. The van der Waals surface area contributed by atoms with Gasteiger partial charge in [-0.25, -0.2) is 8.42 Å². The molecule has 0 saturated carbocycles. The van der Waals surface area contributed by atoms with Gasteiger partial charge in [0.1, 0.15) is 0 Å². The van der Waals surface area contributed by atoms with Gasteiger partial charge in [-0.1, -0.05) is 23.2 Å². The number of nitro benzene ring substituents is 2. The van der Waals surface area contributed by atoms with E-state index in [0.717, 1.165) is 0 Å². The molecule has 10 nitrogen and oxygen atoms in total. The Hall–Kier alpha value is -4.19. The molecule has 39 heavy (non-hydrogen) atoms. The number of anilines is 2. The minimum absolute atomic E-state index is 0.0771. The van der Waals surface area contributed by atoms with Crippen molar-refractivity contribution in [2.24, 2.45) is 0 Å². The van der Waals surface area contributed by atoms with Gasteiger partial charge in [-0.15, -0.1) is 0 Å². The minimum atomic E-state index is -3.80. The number of benzene rings is 4. The van der Waals surface area contributed by atoms with Crippen molar-refractivity contribution in [1.82, 2.24) is 0 Å². The molecule has 0 heterocycles. The van der Waals surface area contributed by atoms with Gasteiger partial charge in [0.2, 0.25) is 9.84 Å². The lowest BCUT2D eigenvalue weighted by Crippen LogP contribution is -2.05. The third-order valence-electron chi connectivity index (χ3n) is 5.78. The van der Waals surface area contributed by atoms with Crippen LogP contribution in [0.25, 0.3) is 0 Å². The molecule has 0 atom stereocenters. The fourth-order valence-electron chi connectivity index (χ4n) is 3.65. The van der Waals surface area contributed by atoms with Crippen molar-refractivity contribution < 1.29 is 18.3 Å². The van der Waals surface area contributed by atoms with Crippen molar-refractivity contribution >= 4 is 55.8 Å². The fraction of sp³-hybridized carbons (Fsp3) is 0.0769. The molecule has 0 aliphatic rings. The molecule has 200 valence electrons. The van der Waals surface area contributed by atoms with Gasteiger partial charge >= 0.3 is 0 Å². The normalized spacial score (nSPS) is 11.1. The Balaban J connectivity index is 1.41. The smallest absolute Gasteiger partial charge is 0.269 e. The summed E-state index contributed by atoms with van der Waals surface area (Å²) < 4.78 is 26.2. The SMILES string of the molecule is O=[N+]([O-])c1ccc(Cl)c(CNc2ccc(S(=O)(=O)c3ccc(NCc4cc([N+](=O)[O-])ccc4Cl)cc3)cc2)c1. The van der Waals surface area contributed by atoms with Crippen LogP contribution in [0.4, 0.5) is 22.7 Å². The third-order valence-corrected chi connectivity index (χ3v) is 8.30. The number of halogens is 2. The molecule has 0 spiro atoms. The molecule has 0 bridgehead atoms. The van der Waals surface area contributed by atoms with Gasteiger partial charge in [0.15, 0.2) is 0 Å². The number of sulfone groups is 1. The van der Waals surface area contributed by atoms with Crippen LogP contribution in [-0.2, 0) is 22.9 Å². The fourth-order valence-corrected chi connectivity index (χ4v) is 5.28. The van der Waals surface area contributed by atoms with Crippen LogP contribution in [0, 0.1) is 20.2 Å².